The van der Waals surface area contributed by atoms with Crippen LogP contribution < -0.4 is 0 Å². The molecular weight excluding hydrogens is 257 g/mol. The number of benzene rings is 1. The van der Waals surface area contributed by atoms with Crippen LogP contribution in [0.2, 0.25) is 10.0 Å². The van der Waals surface area contributed by atoms with E-state index in [0.29, 0.717) is 21.2 Å². The van der Waals surface area contributed by atoms with Crippen LogP contribution >= 0.6 is 23.2 Å². The fourth-order valence-corrected chi connectivity index (χ4v) is 2.07. The van der Waals surface area contributed by atoms with E-state index in [1.165, 1.54) is 0 Å². The number of rotatable bonds is 2. The summed E-state index contributed by atoms with van der Waals surface area (Å²) in [5, 5.41) is 0.893. The molecule has 0 aliphatic heterocycles. The first-order chi connectivity index (χ1) is 8.08. The molecule has 86 valence electrons. The lowest BCUT2D eigenvalue weighted by atomic mass is 10.0. The molecule has 1 aromatic carbocycles. The summed E-state index contributed by atoms with van der Waals surface area (Å²) >= 11 is 11.7. The third-order valence-electron chi connectivity index (χ3n) is 2.41. The van der Waals surface area contributed by atoms with Gasteiger partial charge in [-0.3, -0.25) is 9.78 Å². The Balaban J connectivity index is 2.48. The van der Waals surface area contributed by atoms with Crippen molar-refractivity contribution >= 4 is 29.0 Å². The molecule has 17 heavy (non-hydrogen) atoms. The molecule has 2 rings (SSSR count). The lowest BCUT2D eigenvalue weighted by molar-refractivity contribution is 0.103. The minimum atomic E-state index is -0.125. The van der Waals surface area contributed by atoms with Gasteiger partial charge in [0.1, 0.15) is 0 Å². The molecule has 0 saturated carbocycles. The number of ketones is 1. The van der Waals surface area contributed by atoms with Gasteiger partial charge < -0.3 is 0 Å². The second kappa shape index (κ2) is 4.86. The monoisotopic (exact) mass is 265 g/mol. The molecule has 0 saturated heterocycles. The summed E-state index contributed by atoms with van der Waals surface area (Å²) in [5.41, 5.74) is 1.91. The van der Waals surface area contributed by atoms with E-state index in [1.54, 1.807) is 36.7 Å². The number of hydrogen-bond acceptors (Lipinski definition) is 2. The van der Waals surface area contributed by atoms with Crippen molar-refractivity contribution in [3.63, 3.8) is 0 Å². The zero-order valence-electron chi connectivity index (χ0n) is 9.08. The fourth-order valence-electron chi connectivity index (χ4n) is 1.54. The SMILES string of the molecule is Cc1ccncc1C(=O)c1cc(Cl)cc(Cl)c1. The van der Waals surface area contributed by atoms with E-state index in [-0.39, 0.29) is 5.78 Å². The van der Waals surface area contributed by atoms with Crippen LogP contribution in [-0.4, -0.2) is 10.8 Å². The summed E-state index contributed by atoms with van der Waals surface area (Å²) in [6.07, 6.45) is 3.20. The molecule has 2 aromatic rings. The van der Waals surface area contributed by atoms with Gasteiger partial charge in [0.15, 0.2) is 5.78 Å². The summed E-state index contributed by atoms with van der Waals surface area (Å²) in [5.74, 6) is -0.125. The first-order valence-electron chi connectivity index (χ1n) is 4.99. The first-order valence-corrected chi connectivity index (χ1v) is 5.75. The molecule has 0 spiro atoms. The second-order valence-corrected chi connectivity index (χ2v) is 4.55. The molecule has 0 radical (unpaired) electrons. The van der Waals surface area contributed by atoms with Crippen molar-refractivity contribution in [2.24, 2.45) is 0 Å². The molecular formula is C13H9Cl2NO. The second-order valence-electron chi connectivity index (χ2n) is 3.68. The Morgan fingerprint density at radius 1 is 1.18 bits per heavy atom. The lowest BCUT2D eigenvalue weighted by Gasteiger charge is -2.05. The number of aromatic nitrogens is 1. The third-order valence-corrected chi connectivity index (χ3v) is 2.84. The average Bonchev–Trinajstić information content (AvgIpc) is 2.27. The zero-order valence-corrected chi connectivity index (χ0v) is 10.6. The number of hydrogen-bond donors (Lipinski definition) is 0. The highest BCUT2D eigenvalue weighted by molar-refractivity contribution is 6.35. The van der Waals surface area contributed by atoms with Crippen LogP contribution in [0.1, 0.15) is 21.5 Å². The maximum Gasteiger partial charge on any atom is 0.194 e. The number of aryl methyl sites for hydroxylation is 1. The standard InChI is InChI=1S/C13H9Cl2NO/c1-8-2-3-16-7-12(8)13(17)9-4-10(14)6-11(15)5-9/h2-7H,1H3. The highest BCUT2D eigenvalue weighted by atomic mass is 35.5. The van der Waals surface area contributed by atoms with Gasteiger partial charge in [-0.1, -0.05) is 23.2 Å². The van der Waals surface area contributed by atoms with E-state index < -0.39 is 0 Å². The van der Waals surface area contributed by atoms with E-state index >= 15 is 0 Å². The third kappa shape index (κ3) is 2.65. The van der Waals surface area contributed by atoms with E-state index in [2.05, 4.69) is 4.98 Å². The Bertz CT molecular complexity index is 561. The number of carbonyl (C=O) groups is 1. The lowest BCUT2D eigenvalue weighted by Crippen LogP contribution is -2.04. The molecule has 0 atom stereocenters. The molecule has 0 unspecified atom stereocenters. The molecule has 0 fully saturated rings. The normalized spacial score (nSPS) is 10.3. The van der Waals surface area contributed by atoms with Gasteiger partial charge in [0, 0.05) is 33.6 Å². The smallest absolute Gasteiger partial charge is 0.194 e. The fraction of sp³-hybridized carbons (Fsp3) is 0.0769. The largest absolute Gasteiger partial charge is 0.289 e. The number of carbonyl (C=O) groups excluding carboxylic acids is 1. The highest BCUT2D eigenvalue weighted by Gasteiger charge is 2.13. The Morgan fingerprint density at radius 2 is 1.82 bits per heavy atom. The van der Waals surface area contributed by atoms with Crippen molar-refractivity contribution in [1.29, 1.82) is 0 Å². The average molecular weight is 266 g/mol. The van der Waals surface area contributed by atoms with E-state index in [9.17, 15) is 4.79 Å². The van der Waals surface area contributed by atoms with E-state index in [0.717, 1.165) is 5.56 Å². The molecule has 2 nitrogen and oxygen atoms in total. The van der Waals surface area contributed by atoms with Crippen LogP contribution in [0.25, 0.3) is 0 Å². The minimum Gasteiger partial charge on any atom is -0.289 e. The minimum absolute atomic E-state index is 0.125. The summed E-state index contributed by atoms with van der Waals surface area (Å²) in [6, 6.07) is 6.58. The Morgan fingerprint density at radius 3 is 2.41 bits per heavy atom. The number of nitrogens with zero attached hydrogens (tertiary/aromatic N) is 1. The molecule has 0 bridgehead atoms. The van der Waals surface area contributed by atoms with Gasteiger partial charge in [0.05, 0.1) is 0 Å². The van der Waals surface area contributed by atoms with Crippen LogP contribution in [-0.2, 0) is 0 Å². The van der Waals surface area contributed by atoms with Crippen molar-refractivity contribution in [2.75, 3.05) is 0 Å². The van der Waals surface area contributed by atoms with Crippen molar-refractivity contribution in [3.8, 4) is 0 Å². The maximum absolute atomic E-state index is 12.2. The van der Waals surface area contributed by atoms with Crippen LogP contribution in [0.5, 0.6) is 0 Å². The Hall–Kier alpha value is -1.38. The van der Waals surface area contributed by atoms with Crippen LogP contribution in [0.15, 0.2) is 36.7 Å². The first kappa shape index (κ1) is 12.1. The summed E-state index contributed by atoms with van der Waals surface area (Å²) in [7, 11) is 0. The zero-order chi connectivity index (χ0) is 12.4. The number of pyridine rings is 1. The highest BCUT2D eigenvalue weighted by Crippen LogP contribution is 2.21. The van der Waals surface area contributed by atoms with Crippen molar-refractivity contribution in [2.45, 2.75) is 6.92 Å². The maximum atomic E-state index is 12.2. The van der Waals surface area contributed by atoms with Crippen LogP contribution in [0.3, 0.4) is 0 Å². The van der Waals surface area contributed by atoms with Gasteiger partial charge in [0.25, 0.3) is 0 Å². The van der Waals surface area contributed by atoms with Gasteiger partial charge in [-0.15, -0.1) is 0 Å². The van der Waals surface area contributed by atoms with Gasteiger partial charge >= 0.3 is 0 Å². The molecule has 0 N–H and O–H groups in total. The molecule has 0 aliphatic rings. The predicted octanol–water partition coefficient (Wildman–Crippen LogP) is 3.93. The van der Waals surface area contributed by atoms with Crippen LogP contribution in [0, 0.1) is 6.92 Å². The Labute approximate surface area is 109 Å². The molecule has 1 heterocycles. The van der Waals surface area contributed by atoms with Crippen molar-refractivity contribution in [1.82, 2.24) is 4.98 Å². The molecule has 1 aromatic heterocycles. The molecule has 4 heteroatoms. The predicted molar refractivity (Wildman–Crippen MR) is 68.9 cm³/mol. The summed E-state index contributed by atoms with van der Waals surface area (Å²) in [4.78, 5) is 16.2. The topological polar surface area (TPSA) is 30.0 Å². The van der Waals surface area contributed by atoms with E-state index in [4.69, 9.17) is 23.2 Å². The van der Waals surface area contributed by atoms with Crippen LogP contribution in [0.4, 0.5) is 0 Å². The van der Waals surface area contributed by atoms with E-state index in [1.807, 2.05) is 6.92 Å². The van der Waals surface area contributed by atoms with Gasteiger partial charge in [-0.2, -0.15) is 0 Å². The van der Waals surface area contributed by atoms with Crippen molar-refractivity contribution < 1.29 is 4.79 Å². The van der Waals surface area contributed by atoms with Gasteiger partial charge in [-0.05, 0) is 36.8 Å². The Kier molecular flexibility index (Phi) is 3.46. The van der Waals surface area contributed by atoms with Gasteiger partial charge in [-0.25, -0.2) is 0 Å². The summed E-state index contributed by atoms with van der Waals surface area (Å²) in [6.45, 7) is 1.86. The summed E-state index contributed by atoms with van der Waals surface area (Å²) < 4.78 is 0. The quantitative estimate of drug-likeness (QED) is 0.771. The van der Waals surface area contributed by atoms with Gasteiger partial charge in [0.2, 0.25) is 0 Å². The van der Waals surface area contributed by atoms with Crippen molar-refractivity contribution in [3.05, 3.63) is 63.4 Å². The number of halogens is 2. The molecule has 0 amide bonds. The molecule has 0 aliphatic carbocycles.